The summed E-state index contributed by atoms with van der Waals surface area (Å²) in [6.45, 7) is 6.47. The van der Waals surface area contributed by atoms with E-state index in [4.69, 9.17) is 0 Å². The van der Waals surface area contributed by atoms with Crippen molar-refractivity contribution in [2.75, 3.05) is 25.5 Å². The van der Waals surface area contributed by atoms with Crippen molar-refractivity contribution >= 4 is 17.5 Å². The zero-order valence-electron chi connectivity index (χ0n) is 16.2. The van der Waals surface area contributed by atoms with Gasteiger partial charge < -0.3 is 10.6 Å². The Hall–Kier alpha value is -2.73. The van der Waals surface area contributed by atoms with E-state index in [1.807, 2.05) is 32.9 Å². The van der Waals surface area contributed by atoms with Crippen molar-refractivity contribution < 1.29 is 14.0 Å². The summed E-state index contributed by atoms with van der Waals surface area (Å²) < 4.78 is 12.9. The van der Waals surface area contributed by atoms with Gasteiger partial charge in [-0.1, -0.05) is 29.8 Å². The molecule has 0 aliphatic rings. The van der Waals surface area contributed by atoms with Gasteiger partial charge in [0.15, 0.2) is 0 Å². The number of rotatable bonds is 7. The summed E-state index contributed by atoms with van der Waals surface area (Å²) >= 11 is 0. The Labute approximate surface area is 159 Å². The van der Waals surface area contributed by atoms with Gasteiger partial charge in [0.2, 0.25) is 11.8 Å². The van der Waals surface area contributed by atoms with Gasteiger partial charge >= 0.3 is 0 Å². The summed E-state index contributed by atoms with van der Waals surface area (Å²) in [6, 6.07) is 10.2. The topological polar surface area (TPSA) is 61.4 Å². The highest BCUT2D eigenvalue weighted by Crippen LogP contribution is 2.21. The van der Waals surface area contributed by atoms with Gasteiger partial charge in [0, 0.05) is 12.2 Å². The van der Waals surface area contributed by atoms with E-state index in [-0.39, 0.29) is 30.7 Å². The molecule has 6 heteroatoms. The zero-order valence-corrected chi connectivity index (χ0v) is 16.2. The van der Waals surface area contributed by atoms with Crippen molar-refractivity contribution in [1.29, 1.82) is 0 Å². The van der Waals surface area contributed by atoms with Crippen LogP contribution in [-0.4, -0.2) is 36.9 Å². The van der Waals surface area contributed by atoms with Crippen molar-refractivity contribution in [2.45, 2.75) is 27.3 Å². The first-order chi connectivity index (χ1) is 12.7. The van der Waals surface area contributed by atoms with E-state index in [9.17, 15) is 14.0 Å². The molecule has 0 saturated carbocycles. The van der Waals surface area contributed by atoms with E-state index >= 15 is 0 Å². The molecule has 0 spiro atoms. The molecule has 27 heavy (non-hydrogen) atoms. The maximum absolute atomic E-state index is 12.9. The van der Waals surface area contributed by atoms with Gasteiger partial charge in [-0.05, 0) is 56.6 Å². The number of aryl methyl sites for hydroxylation is 3. The molecule has 0 bridgehead atoms. The Morgan fingerprint density at radius 2 is 1.59 bits per heavy atom. The second kappa shape index (κ2) is 9.28. The van der Waals surface area contributed by atoms with Crippen LogP contribution in [0.2, 0.25) is 0 Å². The molecule has 0 radical (unpaired) electrons. The average molecular weight is 371 g/mol. The normalized spacial score (nSPS) is 10.7. The van der Waals surface area contributed by atoms with Crippen LogP contribution in [0.5, 0.6) is 0 Å². The highest BCUT2D eigenvalue weighted by molar-refractivity contribution is 5.96. The number of anilines is 1. The molecule has 2 N–H and O–H groups in total. The first-order valence-electron chi connectivity index (χ1n) is 8.82. The lowest BCUT2D eigenvalue weighted by molar-refractivity contribution is -0.124. The van der Waals surface area contributed by atoms with E-state index in [2.05, 4.69) is 10.6 Å². The van der Waals surface area contributed by atoms with Crippen LogP contribution < -0.4 is 10.6 Å². The van der Waals surface area contributed by atoms with Gasteiger partial charge in [-0.3, -0.25) is 14.5 Å². The Morgan fingerprint density at radius 1 is 1.00 bits per heavy atom. The minimum Gasteiger partial charge on any atom is -0.346 e. The molecule has 2 rings (SSSR count). The van der Waals surface area contributed by atoms with E-state index < -0.39 is 0 Å². The van der Waals surface area contributed by atoms with Crippen LogP contribution >= 0.6 is 0 Å². The fourth-order valence-corrected chi connectivity index (χ4v) is 3.00. The summed E-state index contributed by atoms with van der Waals surface area (Å²) in [7, 11) is 1.79. The predicted molar refractivity (Wildman–Crippen MR) is 105 cm³/mol. The van der Waals surface area contributed by atoms with Crippen LogP contribution in [0.25, 0.3) is 0 Å². The molecule has 0 aromatic heterocycles. The molecule has 2 aromatic rings. The van der Waals surface area contributed by atoms with Crippen LogP contribution in [0.15, 0.2) is 36.4 Å². The Kier molecular flexibility index (Phi) is 7.07. The summed E-state index contributed by atoms with van der Waals surface area (Å²) in [5.41, 5.74) is 4.82. The van der Waals surface area contributed by atoms with Crippen LogP contribution in [0, 0.1) is 26.6 Å². The molecular weight excluding hydrogens is 345 g/mol. The van der Waals surface area contributed by atoms with Crippen molar-refractivity contribution in [1.82, 2.24) is 10.2 Å². The number of carbonyl (C=O) groups excluding carboxylic acids is 2. The lowest BCUT2D eigenvalue weighted by atomic mass is 10.1. The molecule has 0 heterocycles. The quantitative estimate of drug-likeness (QED) is 0.787. The van der Waals surface area contributed by atoms with Crippen LogP contribution in [0.3, 0.4) is 0 Å². The number of likely N-dealkylation sites (N-methyl/N-ethyl adjacent to an activating group) is 1. The first kappa shape index (κ1) is 20.6. The predicted octanol–water partition coefficient (Wildman–Crippen LogP) is 2.94. The molecule has 0 unspecified atom stereocenters. The van der Waals surface area contributed by atoms with Crippen molar-refractivity contribution in [3.63, 3.8) is 0 Å². The highest BCUT2D eigenvalue weighted by atomic mass is 19.1. The van der Waals surface area contributed by atoms with Gasteiger partial charge in [-0.25, -0.2) is 4.39 Å². The molecule has 0 atom stereocenters. The standard InChI is InChI=1S/C21H26FN3O2/c1-14-9-15(2)21(16(3)10-14)24-19(26)11-23-20(27)13-25(4)12-17-5-7-18(22)8-6-17/h5-10H,11-13H2,1-4H3,(H,23,27)(H,24,26). The smallest absolute Gasteiger partial charge is 0.243 e. The maximum atomic E-state index is 12.9. The molecule has 5 nitrogen and oxygen atoms in total. The van der Waals surface area contributed by atoms with E-state index in [1.165, 1.54) is 12.1 Å². The molecule has 2 aromatic carbocycles. The molecule has 144 valence electrons. The molecule has 0 aliphatic heterocycles. The summed E-state index contributed by atoms with van der Waals surface area (Å²) in [6.07, 6.45) is 0. The molecular formula is C21H26FN3O2. The largest absolute Gasteiger partial charge is 0.346 e. The number of nitrogens with one attached hydrogen (secondary N) is 2. The number of hydrogen-bond donors (Lipinski definition) is 2. The van der Waals surface area contributed by atoms with Crippen molar-refractivity contribution in [3.05, 3.63) is 64.5 Å². The SMILES string of the molecule is Cc1cc(C)c(NC(=O)CNC(=O)CN(C)Cc2ccc(F)cc2)c(C)c1. The monoisotopic (exact) mass is 371 g/mol. The fraction of sp³-hybridized carbons (Fsp3) is 0.333. The minimum atomic E-state index is -0.288. The number of halogens is 1. The van der Waals surface area contributed by atoms with Crippen LogP contribution in [0.1, 0.15) is 22.3 Å². The van der Waals surface area contributed by atoms with E-state index in [0.717, 1.165) is 27.9 Å². The molecule has 2 amide bonds. The van der Waals surface area contributed by atoms with E-state index in [1.54, 1.807) is 24.1 Å². The number of nitrogens with zero attached hydrogens (tertiary/aromatic N) is 1. The van der Waals surface area contributed by atoms with Gasteiger partial charge in [-0.15, -0.1) is 0 Å². The third-order valence-electron chi connectivity index (χ3n) is 4.17. The van der Waals surface area contributed by atoms with Crippen molar-refractivity contribution in [3.8, 4) is 0 Å². The van der Waals surface area contributed by atoms with Crippen LogP contribution in [0.4, 0.5) is 10.1 Å². The molecule has 0 fully saturated rings. The van der Waals surface area contributed by atoms with Gasteiger partial charge in [-0.2, -0.15) is 0 Å². The zero-order chi connectivity index (χ0) is 20.0. The lowest BCUT2D eigenvalue weighted by Gasteiger charge is -2.17. The van der Waals surface area contributed by atoms with Gasteiger partial charge in [0.1, 0.15) is 5.82 Å². The highest BCUT2D eigenvalue weighted by Gasteiger charge is 2.11. The summed E-state index contributed by atoms with van der Waals surface area (Å²) in [5, 5.41) is 5.48. The fourth-order valence-electron chi connectivity index (χ4n) is 3.00. The van der Waals surface area contributed by atoms with Gasteiger partial charge in [0.05, 0.1) is 13.1 Å². The second-order valence-electron chi connectivity index (χ2n) is 6.90. The summed E-state index contributed by atoms with van der Waals surface area (Å²) in [5.74, 6) is -0.795. The van der Waals surface area contributed by atoms with Gasteiger partial charge in [0.25, 0.3) is 0 Å². The minimum absolute atomic E-state index is 0.0873. The third kappa shape index (κ3) is 6.49. The lowest BCUT2D eigenvalue weighted by Crippen LogP contribution is -2.39. The van der Waals surface area contributed by atoms with Crippen molar-refractivity contribution in [2.24, 2.45) is 0 Å². The first-order valence-corrected chi connectivity index (χ1v) is 8.82. The number of hydrogen-bond acceptors (Lipinski definition) is 3. The summed E-state index contributed by atoms with van der Waals surface area (Å²) in [4.78, 5) is 26.0. The number of carbonyl (C=O) groups is 2. The third-order valence-corrected chi connectivity index (χ3v) is 4.17. The average Bonchev–Trinajstić information content (AvgIpc) is 2.58. The van der Waals surface area contributed by atoms with E-state index in [0.29, 0.717) is 6.54 Å². The Morgan fingerprint density at radius 3 is 2.19 bits per heavy atom. The second-order valence-corrected chi connectivity index (χ2v) is 6.90. The Bertz CT molecular complexity index is 796. The Balaban J connectivity index is 1.79. The number of amides is 2. The van der Waals surface area contributed by atoms with Crippen LogP contribution in [-0.2, 0) is 16.1 Å². The molecule has 0 aliphatic carbocycles. The molecule has 0 saturated heterocycles. The maximum Gasteiger partial charge on any atom is 0.243 e. The number of benzene rings is 2.